The molecule has 0 bridgehead atoms. The van der Waals surface area contributed by atoms with Crippen molar-refractivity contribution >= 4 is 23.5 Å². The number of aromatic amines is 1. The van der Waals surface area contributed by atoms with E-state index in [2.05, 4.69) is 17.9 Å². The van der Waals surface area contributed by atoms with Crippen LogP contribution in [0.25, 0.3) is 0 Å². The Morgan fingerprint density at radius 2 is 1.78 bits per heavy atom. The lowest BCUT2D eigenvalue weighted by Gasteiger charge is -2.25. The van der Waals surface area contributed by atoms with Gasteiger partial charge in [-0.05, 0) is 0 Å². The molecule has 2 rings (SSSR count). The molecule has 1 aromatic rings. The van der Waals surface area contributed by atoms with Crippen LogP contribution in [0.2, 0.25) is 0 Å². The lowest BCUT2D eigenvalue weighted by molar-refractivity contribution is -0.204. The Labute approximate surface area is 174 Å². The number of H-pyrrole nitrogens is 1. The summed E-state index contributed by atoms with van der Waals surface area (Å²) in [5, 5.41) is 10.00. The molecule has 6 unspecified atom stereocenters. The van der Waals surface area contributed by atoms with Crippen molar-refractivity contribution in [1.29, 1.82) is 0 Å². The zero-order valence-corrected chi connectivity index (χ0v) is 17.7. The van der Waals surface area contributed by atoms with Gasteiger partial charge in [0.2, 0.25) is 5.67 Å². The van der Waals surface area contributed by atoms with Crippen molar-refractivity contribution in [2.45, 2.75) is 23.9 Å². The molecule has 2 heterocycles. The molecule has 1 aliphatic heterocycles. The van der Waals surface area contributed by atoms with Crippen LogP contribution in [0.15, 0.2) is 21.9 Å². The van der Waals surface area contributed by atoms with Crippen LogP contribution >= 0.6 is 23.5 Å². The van der Waals surface area contributed by atoms with Gasteiger partial charge in [0.1, 0.15) is 6.61 Å². The zero-order chi connectivity index (χ0) is 24.8. The number of phosphoric acid groups is 3. The molecule has 180 valence electrons. The van der Waals surface area contributed by atoms with Crippen LogP contribution < -0.4 is 11.2 Å². The van der Waals surface area contributed by atoms with Crippen molar-refractivity contribution < 1.29 is 65.0 Å². The first kappa shape index (κ1) is 26.7. The van der Waals surface area contributed by atoms with Crippen molar-refractivity contribution in [3.8, 4) is 12.3 Å². The Balaban J connectivity index is 2.28. The molecule has 0 aromatic carbocycles. The molecule has 21 heteroatoms. The maximum atomic E-state index is 15.1. The van der Waals surface area contributed by atoms with Crippen LogP contribution in [0.3, 0.4) is 0 Å². The molecule has 6 N–H and O–H groups in total. The van der Waals surface area contributed by atoms with E-state index in [1.807, 2.05) is 0 Å². The third-order valence-electron chi connectivity index (χ3n) is 3.64. The molecule has 0 spiro atoms. The van der Waals surface area contributed by atoms with E-state index >= 15 is 8.78 Å². The quantitative estimate of drug-likeness (QED) is 0.171. The number of rotatable bonds is 8. The number of terminal acetylenes is 1. The van der Waals surface area contributed by atoms with Crippen LogP contribution in [0.5, 0.6) is 0 Å². The Morgan fingerprint density at radius 1 is 1.19 bits per heavy atom. The predicted octanol–water partition coefficient (Wildman–Crippen LogP) is -1.22. The first-order valence-electron chi connectivity index (χ1n) is 7.65. The van der Waals surface area contributed by atoms with Gasteiger partial charge in [0.05, 0.1) is 0 Å². The Hall–Kier alpha value is -1.57. The number of hydrogen-bond donors (Lipinski definition) is 6. The van der Waals surface area contributed by atoms with Crippen molar-refractivity contribution in [3.05, 3.63) is 33.1 Å². The van der Waals surface area contributed by atoms with E-state index < -0.39 is 65.2 Å². The minimum absolute atomic E-state index is 0.247. The van der Waals surface area contributed by atoms with Gasteiger partial charge in [-0.3, -0.25) is 18.9 Å². The maximum absolute atomic E-state index is 15.1. The number of halogens is 2. The number of ether oxygens (including phenoxy) is 1. The fourth-order valence-corrected chi connectivity index (χ4v) is 5.43. The van der Waals surface area contributed by atoms with Gasteiger partial charge >= 0.3 is 29.2 Å². The molecule has 1 aromatic heterocycles. The second-order valence-electron chi connectivity index (χ2n) is 5.95. The largest absolute Gasteiger partial charge is 0.490 e. The number of aliphatic hydroxyl groups excluding tert-OH is 1. The van der Waals surface area contributed by atoms with Crippen molar-refractivity contribution in [2.24, 2.45) is 0 Å². The van der Waals surface area contributed by atoms with Crippen LogP contribution in [-0.2, 0) is 31.6 Å². The molecule has 0 radical (unpaired) electrons. The SMILES string of the molecule is C#CC1(F)C(n2ccc(=O)[nH]c2=O)OC(F)(COP(=O)(O)OP(=O)(O)OP(=O)(O)O)C1O. The lowest BCUT2D eigenvalue weighted by atomic mass is 9.96. The third kappa shape index (κ3) is 5.86. The summed E-state index contributed by atoms with van der Waals surface area (Å²) in [7, 11) is -17.5. The van der Waals surface area contributed by atoms with E-state index in [9.17, 15) is 33.3 Å². The van der Waals surface area contributed by atoms with E-state index in [-0.39, 0.29) is 4.57 Å². The average Bonchev–Trinajstić information content (AvgIpc) is 2.80. The van der Waals surface area contributed by atoms with E-state index in [1.54, 1.807) is 4.98 Å². The fourth-order valence-electron chi connectivity index (χ4n) is 2.39. The second kappa shape index (κ2) is 8.65. The van der Waals surface area contributed by atoms with Crippen molar-refractivity contribution in [2.75, 3.05) is 6.61 Å². The molecule has 32 heavy (non-hydrogen) atoms. The molecule has 16 nitrogen and oxygen atoms in total. The molecule has 0 aliphatic carbocycles. The van der Waals surface area contributed by atoms with Crippen molar-refractivity contribution in [1.82, 2.24) is 9.55 Å². The molecule has 1 fully saturated rings. The minimum atomic E-state index is -5.95. The molecule has 0 saturated carbocycles. The van der Waals surface area contributed by atoms with Gasteiger partial charge in [-0.15, -0.1) is 6.42 Å². The number of aromatic nitrogens is 2. The number of phosphoric ester groups is 1. The number of alkyl halides is 2. The van der Waals surface area contributed by atoms with Gasteiger partial charge in [-0.2, -0.15) is 8.62 Å². The highest BCUT2D eigenvalue weighted by atomic mass is 31.3. The topological polar surface area (TPSA) is 244 Å². The summed E-state index contributed by atoms with van der Waals surface area (Å²) in [4.78, 5) is 59.9. The summed E-state index contributed by atoms with van der Waals surface area (Å²) < 4.78 is 79.4. The van der Waals surface area contributed by atoms with Gasteiger partial charge in [0.15, 0.2) is 12.3 Å². The number of hydrogen-bond acceptors (Lipinski definition) is 10. The first-order chi connectivity index (χ1) is 14.3. The van der Waals surface area contributed by atoms with E-state index in [0.717, 1.165) is 0 Å². The van der Waals surface area contributed by atoms with Gasteiger partial charge in [0, 0.05) is 12.3 Å². The van der Waals surface area contributed by atoms with Crippen molar-refractivity contribution in [3.63, 3.8) is 0 Å². The average molecular weight is 528 g/mol. The van der Waals surface area contributed by atoms with Crippen LogP contribution in [0.4, 0.5) is 8.78 Å². The summed E-state index contributed by atoms with van der Waals surface area (Å²) in [6.45, 7) is -1.93. The van der Waals surface area contributed by atoms with E-state index in [0.29, 0.717) is 12.3 Å². The number of aliphatic hydroxyl groups is 1. The van der Waals surface area contributed by atoms with Crippen LogP contribution in [0.1, 0.15) is 6.23 Å². The molecule has 1 aliphatic rings. The Morgan fingerprint density at radius 3 is 2.28 bits per heavy atom. The summed E-state index contributed by atoms with van der Waals surface area (Å²) in [6, 6.07) is 0.693. The molecular weight excluding hydrogens is 515 g/mol. The van der Waals surface area contributed by atoms with Gasteiger partial charge in [-0.1, -0.05) is 5.92 Å². The first-order valence-corrected chi connectivity index (χ1v) is 12.2. The van der Waals surface area contributed by atoms with Crippen LogP contribution in [-0.4, -0.2) is 58.5 Å². The van der Waals surface area contributed by atoms with Gasteiger partial charge in [0.25, 0.3) is 11.4 Å². The number of nitrogens with zero attached hydrogens (tertiary/aromatic N) is 1. The van der Waals surface area contributed by atoms with E-state index in [4.69, 9.17) is 21.1 Å². The smallest absolute Gasteiger partial charge is 0.383 e. The van der Waals surface area contributed by atoms with Crippen LogP contribution in [0, 0.1) is 12.3 Å². The standard InChI is InChI=1S/C11H13F2N2O14P3/c1-2-10(12)7(17)11(13,27-8(10)15-4-3-6(16)14-9(15)18)5-26-31(22,23)29-32(24,25)28-30(19,20)21/h1,3-4,7-8,17H,5H2,(H,22,23)(H,24,25)(H,14,16,18)(H2,19,20,21). The van der Waals surface area contributed by atoms with Gasteiger partial charge in [-0.25, -0.2) is 27.3 Å². The number of nitrogens with one attached hydrogen (secondary N) is 1. The predicted molar refractivity (Wildman–Crippen MR) is 93.8 cm³/mol. The lowest BCUT2D eigenvalue weighted by Crippen LogP contribution is -2.48. The maximum Gasteiger partial charge on any atom is 0.490 e. The summed E-state index contributed by atoms with van der Waals surface area (Å²) in [6.07, 6.45) is 0.153. The normalized spacial score (nSPS) is 32.1. The molecular formula is C11H13F2N2O14P3. The Kier molecular flexibility index (Phi) is 7.21. The molecule has 0 amide bonds. The summed E-state index contributed by atoms with van der Waals surface area (Å²) in [5.74, 6) is -2.45. The second-order valence-corrected chi connectivity index (χ2v) is 10.4. The highest BCUT2D eigenvalue weighted by molar-refractivity contribution is 7.66. The Bertz CT molecular complexity index is 1190. The summed E-state index contributed by atoms with van der Waals surface area (Å²) >= 11 is 0. The fraction of sp³-hybridized carbons (Fsp3) is 0.455. The summed E-state index contributed by atoms with van der Waals surface area (Å²) in [5.41, 5.74) is -5.80. The molecule has 1 saturated heterocycles. The zero-order valence-electron chi connectivity index (χ0n) is 15.0. The minimum Gasteiger partial charge on any atom is -0.383 e. The highest BCUT2D eigenvalue weighted by Crippen LogP contribution is 2.66. The molecule has 6 atom stereocenters. The van der Waals surface area contributed by atoms with Gasteiger partial charge < -0.3 is 29.4 Å². The van der Waals surface area contributed by atoms with E-state index in [1.165, 1.54) is 5.92 Å². The highest BCUT2D eigenvalue weighted by Gasteiger charge is 2.67. The third-order valence-corrected chi connectivity index (χ3v) is 7.42. The monoisotopic (exact) mass is 528 g/mol.